The van der Waals surface area contributed by atoms with Crippen molar-refractivity contribution in [2.75, 3.05) is 23.0 Å². The molecule has 2 rings (SSSR count). The molecule has 1 aromatic rings. The molecule has 1 atom stereocenters. The van der Waals surface area contributed by atoms with Gasteiger partial charge >= 0.3 is 0 Å². The van der Waals surface area contributed by atoms with E-state index < -0.39 is 0 Å². The predicted molar refractivity (Wildman–Crippen MR) is 68.9 cm³/mol. The van der Waals surface area contributed by atoms with Crippen LogP contribution in [0.1, 0.15) is 6.92 Å². The van der Waals surface area contributed by atoms with Crippen molar-refractivity contribution in [3.05, 3.63) is 16.0 Å². The van der Waals surface area contributed by atoms with Crippen LogP contribution in [-0.2, 0) is 0 Å². The van der Waals surface area contributed by atoms with Gasteiger partial charge in [-0.15, -0.1) is 0 Å². The normalized spacial score (nSPS) is 22.4. The van der Waals surface area contributed by atoms with Crippen molar-refractivity contribution in [1.29, 1.82) is 0 Å². The molecular weight excluding hydrogens is 309 g/mol. The number of rotatable bonds is 1. The van der Waals surface area contributed by atoms with Crippen LogP contribution in [0, 0.1) is 3.57 Å². The molecule has 1 unspecified atom stereocenters. The number of halogens is 1. The average molecular weight is 321 g/mol. The predicted octanol–water partition coefficient (Wildman–Crippen LogP) is 2.02. The summed E-state index contributed by atoms with van der Waals surface area (Å²) >= 11 is 4.23. The molecule has 3 nitrogen and oxygen atoms in total. The maximum Gasteiger partial charge on any atom is 0.225 e. The fourth-order valence-electron chi connectivity index (χ4n) is 1.48. The molecule has 0 bridgehead atoms. The number of hydrogen-bond acceptors (Lipinski definition) is 4. The topological polar surface area (TPSA) is 29.0 Å². The zero-order chi connectivity index (χ0) is 9.97. The Labute approximate surface area is 102 Å². The largest absolute Gasteiger partial charge is 0.336 e. The lowest BCUT2D eigenvalue weighted by molar-refractivity contribution is 0.677. The van der Waals surface area contributed by atoms with E-state index in [2.05, 4.69) is 44.4 Å². The van der Waals surface area contributed by atoms with Crippen molar-refractivity contribution in [1.82, 2.24) is 9.97 Å². The number of nitrogens with zero attached hydrogens (tertiary/aromatic N) is 3. The van der Waals surface area contributed by atoms with E-state index in [0.717, 1.165) is 16.1 Å². The van der Waals surface area contributed by atoms with Gasteiger partial charge in [-0.1, -0.05) is 0 Å². The van der Waals surface area contributed by atoms with E-state index in [0.29, 0.717) is 6.04 Å². The van der Waals surface area contributed by atoms with Crippen LogP contribution in [0.15, 0.2) is 12.4 Å². The van der Waals surface area contributed by atoms with Crippen molar-refractivity contribution in [3.8, 4) is 0 Å². The molecule has 1 saturated heterocycles. The fraction of sp³-hybridized carbons (Fsp3) is 0.556. The Kier molecular flexibility index (Phi) is 3.48. The summed E-state index contributed by atoms with van der Waals surface area (Å²) in [7, 11) is 0. The lowest BCUT2D eigenvalue weighted by atomic mass is 10.3. The van der Waals surface area contributed by atoms with Gasteiger partial charge in [0.15, 0.2) is 0 Å². The molecule has 2 heterocycles. The second-order valence-electron chi connectivity index (χ2n) is 3.32. The summed E-state index contributed by atoms with van der Waals surface area (Å²) in [6.45, 7) is 3.29. The Morgan fingerprint density at radius 3 is 2.86 bits per heavy atom. The van der Waals surface area contributed by atoms with Gasteiger partial charge in [0, 0.05) is 40.1 Å². The minimum atomic E-state index is 0.550. The van der Waals surface area contributed by atoms with Gasteiger partial charge < -0.3 is 4.90 Å². The Bertz CT molecular complexity index is 303. The second kappa shape index (κ2) is 4.65. The highest BCUT2D eigenvalue weighted by Gasteiger charge is 2.20. The molecule has 0 saturated carbocycles. The van der Waals surface area contributed by atoms with Gasteiger partial charge in [-0.05, 0) is 29.5 Å². The second-order valence-corrected chi connectivity index (χ2v) is 5.71. The standard InChI is InChI=1S/C9H12IN3S/c1-7-6-14-3-2-13(7)9-11-4-8(10)5-12-9/h4-5,7H,2-3,6H2,1H3. The Hall–Kier alpha value is -0.0400. The summed E-state index contributed by atoms with van der Waals surface area (Å²) in [6.07, 6.45) is 3.74. The number of anilines is 1. The summed E-state index contributed by atoms with van der Waals surface area (Å²) in [6, 6.07) is 0.550. The third-order valence-corrected chi connectivity index (χ3v) is 3.98. The number of thioether (sulfide) groups is 1. The molecule has 1 aliphatic heterocycles. The molecular formula is C9H12IN3S. The summed E-state index contributed by atoms with van der Waals surface area (Å²) < 4.78 is 1.09. The van der Waals surface area contributed by atoms with Crippen molar-refractivity contribution < 1.29 is 0 Å². The highest BCUT2D eigenvalue weighted by atomic mass is 127. The first-order chi connectivity index (χ1) is 6.77. The lowest BCUT2D eigenvalue weighted by Crippen LogP contribution is -2.41. The van der Waals surface area contributed by atoms with E-state index >= 15 is 0 Å². The maximum atomic E-state index is 4.35. The van der Waals surface area contributed by atoms with E-state index in [4.69, 9.17) is 0 Å². The van der Waals surface area contributed by atoms with Crippen LogP contribution >= 0.6 is 34.4 Å². The molecule has 0 spiro atoms. The third-order valence-electron chi connectivity index (χ3n) is 2.23. The first kappa shape index (κ1) is 10.5. The first-order valence-electron chi connectivity index (χ1n) is 4.59. The van der Waals surface area contributed by atoms with Gasteiger partial charge in [0.2, 0.25) is 5.95 Å². The van der Waals surface area contributed by atoms with Crippen LogP contribution in [0.4, 0.5) is 5.95 Å². The van der Waals surface area contributed by atoms with Gasteiger partial charge in [-0.2, -0.15) is 11.8 Å². The average Bonchev–Trinajstić information content (AvgIpc) is 2.20. The van der Waals surface area contributed by atoms with E-state index in [1.54, 1.807) is 0 Å². The molecule has 5 heteroatoms. The monoisotopic (exact) mass is 321 g/mol. The lowest BCUT2D eigenvalue weighted by Gasteiger charge is -2.32. The van der Waals surface area contributed by atoms with Crippen molar-refractivity contribution in [2.45, 2.75) is 13.0 Å². The van der Waals surface area contributed by atoms with Gasteiger partial charge in [-0.3, -0.25) is 0 Å². The molecule has 14 heavy (non-hydrogen) atoms. The molecule has 0 aliphatic carbocycles. The van der Waals surface area contributed by atoms with Gasteiger partial charge in [-0.25, -0.2) is 9.97 Å². The van der Waals surface area contributed by atoms with Crippen LogP contribution < -0.4 is 4.90 Å². The fourth-order valence-corrected chi connectivity index (χ4v) is 2.77. The van der Waals surface area contributed by atoms with Crippen LogP contribution in [0.25, 0.3) is 0 Å². The zero-order valence-electron chi connectivity index (χ0n) is 7.98. The highest BCUT2D eigenvalue weighted by molar-refractivity contribution is 14.1. The van der Waals surface area contributed by atoms with E-state index in [1.165, 1.54) is 11.5 Å². The van der Waals surface area contributed by atoms with Crippen molar-refractivity contribution >= 4 is 40.3 Å². The summed E-state index contributed by atoms with van der Waals surface area (Å²) in [5.74, 6) is 3.23. The summed E-state index contributed by atoms with van der Waals surface area (Å²) in [5.41, 5.74) is 0. The Morgan fingerprint density at radius 2 is 2.21 bits per heavy atom. The van der Waals surface area contributed by atoms with Crippen molar-refractivity contribution in [2.24, 2.45) is 0 Å². The molecule has 0 aromatic carbocycles. The van der Waals surface area contributed by atoms with Gasteiger partial charge in [0.05, 0.1) is 0 Å². The molecule has 0 radical (unpaired) electrons. The Morgan fingerprint density at radius 1 is 1.50 bits per heavy atom. The minimum Gasteiger partial charge on any atom is -0.336 e. The molecule has 1 aliphatic rings. The molecule has 76 valence electrons. The van der Waals surface area contributed by atoms with Crippen LogP contribution in [0.2, 0.25) is 0 Å². The summed E-state index contributed by atoms with van der Waals surface area (Å²) in [5, 5.41) is 0. The quantitative estimate of drug-likeness (QED) is 0.740. The number of aromatic nitrogens is 2. The molecule has 1 fully saturated rings. The van der Waals surface area contributed by atoms with E-state index in [9.17, 15) is 0 Å². The van der Waals surface area contributed by atoms with E-state index in [1.807, 2.05) is 24.2 Å². The first-order valence-corrected chi connectivity index (χ1v) is 6.82. The molecule has 1 aromatic heterocycles. The van der Waals surface area contributed by atoms with Gasteiger partial charge in [0.25, 0.3) is 0 Å². The molecule has 0 amide bonds. The van der Waals surface area contributed by atoms with E-state index in [-0.39, 0.29) is 0 Å². The van der Waals surface area contributed by atoms with Gasteiger partial charge in [0.1, 0.15) is 0 Å². The van der Waals surface area contributed by atoms with Crippen LogP contribution in [0.5, 0.6) is 0 Å². The van der Waals surface area contributed by atoms with Crippen LogP contribution in [-0.4, -0.2) is 34.1 Å². The maximum absolute atomic E-state index is 4.35. The SMILES string of the molecule is CC1CSCCN1c1ncc(I)cn1. The zero-order valence-corrected chi connectivity index (χ0v) is 11.0. The summed E-state index contributed by atoms with van der Waals surface area (Å²) in [4.78, 5) is 11.0. The smallest absolute Gasteiger partial charge is 0.225 e. The third kappa shape index (κ3) is 2.31. The minimum absolute atomic E-state index is 0.550. The van der Waals surface area contributed by atoms with Crippen molar-refractivity contribution in [3.63, 3.8) is 0 Å². The molecule has 0 N–H and O–H groups in total. The highest BCUT2D eigenvalue weighted by Crippen LogP contribution is 2.20. The van der Waals surface area contributed by atoms with Crippen LogP contribution in [0.3, 0.4) is 0 Å². The Balaban J connectivity index is 2.16. The number of hydrogen-bond donors (Lipinski definition) is 0.